The zero-order valence-corrected chi connectivity index (χ0v) is 12.9. The van der Waals surface area contributed by atoms with Gasteiger partial charge in [-0.15, -0.1) is 0 Å². The third kappa shape index (κ3) is 2.91. The smallest absolute Gasteiger partial charge is 0.337 e. The predicted molar refractivity (Wildman–Crippen MR) is 78.9 cm³/mol. The van der Waals surface area contributed by atoms with Gasteiger partial charge in [-0.05, 0) is 38.0 Å². The van der Waals surface area contributed by atoms with Crippen molar-refractivity contribution in [3.63, 3.8) is 0 Å². The number of carbonyl (C=O) groups is 1. The molecule has 0 saturated heterocycles. The molecule has 1 heterocycles. The van der Waals surface area contributed by atoms with Crippen molar-refractivity contribution in [2.75, 3.05) is 5.32 Å². The highest BCUT2D eigenvalue weighted by Gasteiger charge is 2.60. The molecule has 1 saturated carbocycles. The molecule has 122 valence electrons. The van der Waals surface area contributed by atoms with Crippen molar-refractivity contribution in [1.29, 1.82) is 0 Å². The van der Waals surface area contributed by atoms with E-state index in [0.29, 0.717) is 0 Å². The first-order valence-corrected chi connectivity index (χ1v) is 7.49. The summed E-state index contributed by atoms with van der Waals surface area (Å²) in [4.78, 5) is 11.9. The molecular formula is C16H13ClF3NO2. The molecule has 1 fully saturated rings. The first kappa shape index (κ1) is 16.2. The normalized spacial score (nSPS) is 27.3. The summed E-state index contributed by atoms with van der Waals surface area (Å²) in [5.41, 5.74) is -3.16. The van der Waals surface area contributed by atoms with Crippen molar-refractivity contribution >= 4 is 23.2 Å². The molecule has 0 spiro atoms. The van der Waals surface area contributed by atoms with E-state index in [1.807, 2.05) is 0 Å². The highest BCUT2D eigenvalue weighted by molar-refractivity contribution is 6.30. The van der Waals surface area contributed by atoms with E-state index in [9.17, 15) is 18.0 Å². The lowest BCUT2D eigenvalue weighted by molar-refractivity contribution is -0.266. The summed E-state index contributed by atoms with van der Waals surface area (Å²) < 4.78 is 47.0. The lowest BCUT2D eigenvalue weighted by Gasteiger charge is -2.32. The molecule has 1 N–H and O–H groups in total. The first-order chi connectivity index (χ1) is 10.7. The number of carbonyl (C=O) groups excluding carboxylic acids is 1. The summed E-state index contributed by atoms with van der Waals surface area (Å²) in [6, 6.07) is 3.88. The maximum atomic E-state index is 13.9. The largest absolute Gasteiger partial charge is 0.433 e. The third-order valence-electron chi connectivity index (χ3n) is 3.77. The van der Waals surface area contributed by atoms with Gasteiger partial charge in [0, 0.05) is 22.2 Å². The molecule has 1 aromatic carbocycles. The lowest BCUT2D eigenvalue weighted by Crippen LogP contribution is -2.46. The van der Waals surface area contributed by atoms with Gasteiger partial charge in [0.15, 0.2) is 0 Å². The second kappa shape index (κ2) is 5.43. The summed E-state index contributed by atoms with van der Waals surface area (Å²) in [6.45, 7) is 1.27. The fraction of sp³-hybridized carbons (Fsp3) is 0.438. The van der Waals surface area contributed by atoms with Crippen molar-refractivity contribution in [2.45, 2.75) is 37.6 Å². The molecule has 3 nitrogen and oxygen atoms in total. The Morgan fingerprint density at radius 1 is 1.39 bits per heavy atom. The molecule has 7 heteroatoms. The molecule has 1 aromatic rings. The molecule has 0 bridgehead atoms. The minimum absolute atomic E-state index is 0.00571. The van der Waals surface area contributed by atoms with Crippen molar-refractivity contribution in [3.8, 4) is 11.8 Å². The SMILES string of the molecule is C[C@@H]1O[C@](C#CC2CC2)(C(F)(F)F)c2cc(Cl)ccc2NC1=O. The minimum atomic E-state index is -4.82. The zero-order chi connectivity index (χ0) is 16.8. The van der Waals surface area contributed by atoms with Gasteiger partial charge in [0.05, 0.1) is 0 Å². The molecule has 1 aliphatic heterocycles. The summed E-state index contributed by atoms with van der Waals surface area (Å²) >= 11 is 5.87. The maximum Gasteiger partial charge on any atom is 0.433 e. The highest BCUT2D eigenvalue weighted by atomic mass is 35.5. The topological polar surface area (TPSA) is 38.3 Å². The molecule has 0 radical (unpaired) electrons. The van der Waals surface area contributed by atoms with Crippen LogP contribution in [0.4, 0.5) is 18.9 Å². The molecule has 2 aliphatic rings. The van der Waals surface area contributed by atoms with Crippen LogP contribution in [0.2, 0.25) is 5.02 Å². The zero-order valence-electron chi connectivity index (χ0n) is 12.1. The maximum absolute atomic E-state index is 13.9. The molecule has 3 rings (SSSR count). The van der Waals surface area contributed by atoms with Gasteiger partial charge in [0.1, 0.15) is 6.10 Å². The van der Waals surface area contributed by atoms with Crippen LogP contribution in [0.25, 0.3) is 0 Å². The van der Waals surface area contributed by atoms with Gasteiger partial charge in [0.25, 0.3) is 11.5 Å². The number of amides is 1. The average molecular weight is 344 g/mol. The van der Waals surface area contributed by atoms with Gasteiger partial charge in [-0.1, -0.05) is 23.4 Å². The molecule has 1 aliphatic carbocycles. The Morgan fingerprint density at radius 2 is 2.09 bits per heavy atom. The first-order valence-electron chi connectivity index (χ1n) is 7.11. The van der Waals surface area contributed by atoms with Gasteiger partial charge >= 0.3 is 6.18 Å². The Labute approximate surface area is 136 Å². The van der Waals surface area contributed by atoms with Gasteiger partial charge < -0.3 is 10.1 Å². The van der Waals surface area contributed by atoms with Crippen molar-refractivity contribution in [3.05, 3.63) is 28.8 Å². The Morgan fingerprint density at radius 3 is 2.70 bits per heavy atom. The molecule has 23 heavy (non-hydrogen) atoms. The monoisotopic (exact) mass is 343 g/mol. The number of halogens is 4. The van der Waals surface area contributed by atoms with E-state index in [1.54, 1.807) is 0 Å². The van der Waals surface area contributed by atoms with Crippen LogP contribution in [0.5, 0.6) is 0 Å². The number of ether oxygens (including phenoxy) is 1. The summed E-state index contributed by atoms with van der Waals surface area (Å²) in [6.07, 6.45) is -4.59. The second-order valence-electron chi connectivity index (χ2n) is 5.66. The Hall–Kier alpha value is -1.71. The number of benzene rings is 1. The van der Waals surface area contributed by atoms with Gasteiger partial charge in [-0.2, -0.15) is 13.2 Å². The van der Waals surface area contributed by atoms with E-state index in [2.05, 4.69) is 17.2 Å². The van der Waals surface area contributed by atoms with Crippen molar-refractivity contribution < 1.29 is 22.7 Å². The number of alkyl halides is 3. The standard InChI is InChI=1S/C16H13ClF3NO2/c1-9-14(22)21-13-5-4-11(17)8-12(13)15(23-9,16(18,19)20)7-6-10-2-3-10/h4-5,8-10H,2-3H2,1H3,(H,21,22)/t9-,15-/m0/s1. The summed E-state index contributed by atoms with van der Waals surface area (Å²) in [7, 11) is 0. The molecular weight excluding hydrogens is 331 g/mol. The molecule has 2 atom stereocenters. The van der Waals surface area contributed by atoms with Crippen LogP contribution in [-0.2, 0) is 15.1 Å². The van der Waals surface area contributed by atoms with E-state index < -0.39 is 23.8 Å². The van der Waals surface area contributed by atoms with E-state index >= 15 is 0 Å². The Kier molecular flexibility index (Phi) is 3.81. The van der Waals surface area contributed by atoms with Gasteiger partial charge in [-0.25, -0.2) is 0 Å². The van der Waals surface area contributed by atoms with Crippen molar-refractivity contribution in [2.24, 2.45) is 5.92 Å². The fourth-order valence-corrected chi connectivity index (χ4v) is 2.52. The van der Waals surface area contributed by atoms with Crippen LogP contribution < -0.4 is 5.32 Å². The van der Waals surface area contributed by atoms with E-state index in [0.717, 1.165) is 18.9 Å². The van der Waals surface area contributed by atoms with Crippen LogP contribution in [0.15, 0.2) is 18.2 Å². The second-order valence-corrected chi connectivity index (χ2v) is 6.10. The molecule has 1 amide bonds. The van der Waals surface area contributed by atoms with Crippen LogP contribution >= 0.6 is 11.6 Å². The van der Waals surface area contributed by atoms with Gasteiger partial charge in [0.2, 0.25) is 0 Å². The van der Waals surface area contributed by atoms with Crippen LogP contribution in [0.3, 0.4) is 0 Å². The number of nitrogens with one attached hydrogen (secondary N) is 1. The Balaban J connectivity index is 2.25. The predicted octanol–water partition coefficient (Wildman–Crippen LogP) is 3.87. The number of rotatable bonds is 0. The summed E-state index contributed by atoms with van der Waals surface area (Å²) in [5, 5.41) is 2.55. The molecule has 0 unspecified atom stereocenters. The van der Waals surface area contributed by atoms with Gasteiger partial charge in [-0.3, -0.25) is 4.79 Å². The third-order valence-corrected chi connectivity index (χ3v) is 4.01. The fourth-order valence-electron chi connectivity index (χ4n) is 2.35. The number of hydrogen-bond acceptors (Lipinski definition) is 2. The van der Waals surface area contributed by atoms with Crippen LogP contribution in [0, 0.1) is 17.8 Å². The number of anilines is 1. The highest BCUT2D eigenvalue weighted by Crippen LogP contribution is 2.48. The van der Waals surface area contributed by atoms with Crippen LogP contribution in [0.1, 0.15) is 25.3 Å². The Bertz CT molecular complexity index is 718. The lowest BCUT2D eigenvalue weighted by atomic mass is 9.91. The van der Waals surface area contributed by atoms with Crippen LogP contribution in [-0.4, -0.2) is 18.2 Å². The van der Waals surface area contributed by atoms with Crippen molar-refractivity contribution in [1.82, 2.24) is 0 Å². The quantitative estimate of drug-likeness (QED) is 0.726. The number of fused-ring (bicyclic) bond motifs is 1. The minimum Gasteiger partial charge on any atom is -0.337 e. The van der Waals surface area contributed by atoms with E-state index in [4.69, 9.17) is 16.3 Å². The number of hydrogen-bond donors (Lipinski definition) is 1. The van der Waals surface area contributed by atoms with E-state index in [1.165, 1.54) is 19.1 Å². The summed E-state index contributed by atoms with van der Waals surface area (Å²) in [5.74, 6) is 4.17. The van der Waals surface area contributed by atoms with E-state index in [-0.39, 0.29) is 22.2 Å². The average Bonchev–Trinajstić information content (AvgIpc) is 3.27. The molecule has 0 aromatic heterocycles.